The van der Waals surface area contributed by atoms with E-state index in [0.29, 0.717) is 12.5 Å². The Kier molecular flexibility index (Phi) is 5.42. The van der Waals surface area contributed by atoms with Crippen LogP contribution in [0.1, 0.15) is 42.1 Å². The molecule has 27 heavy (non-hydrogen) atoms. The quantitative estimate of drug-likeness (QED) is 0.904. The first-order chi connectivity index (χ1) is 13.2. The van der Waals surface area contributed by atoms with E-state index in [1.54, 1.807) is 0 Å². The van der Waals surface area contributed by atoms with Crippen LogP contribution in [-0.4, -0.2) is 30.1 Å². The van der Waals surface area contributed by atoms with E-state index >= 15 is 0 Å². The van der Waals surface area contributed by atoms with Crippen molar-refractivity contribution in [1.29, 1.82) is 5.26 Å². The van der Waals surface area contributed by atoms with Crippen LogP contribution in [0, 0.1) is 11.3 Å². The number of aryl methyl sites for hydroxylation is 1. The smallest absolute Gasteiger partial charge is 0.139 e. The number of fused-ring (bicyclic) bond motifs is 1. The molecule has 4 rings (SSSR count). The van der Waals surface area contributed by atoms with Crippen molar-refractivity contribution in [3.63, 3.8) is 0 Å². The maximum absolute atomic E-state index is 8.99. The fourth-order valence-electron chi connectivity index (χ4n) is 4.53. The zero-order valence-electron chi connectivity index (χ0n) is 15.7. The second-order valence-electron chi connectivity index (χ2n) is 7.72. The Labute approximate surface area is 161 Å². The molecule has 140 valence electrons. The third kappa shape index (κ3) is 4.00. The molecule has 4 nitrogen and oxygen atoms in total. The summed E-state index contributed by atoms with van der Waals surface area (Å²) in [5, 5.41) is 8.99. The van der Waals surface area contributed by atoms with E-state index in [2.05, 4.69) is 35.2 Å². The summed E-state index contributed by atoms with van der Waals surface area (Å²) in [7, 11) is 0. The Hall–Kier alpha value is -2.35. The summed E-state index contributed by atoms with van der Waals surface area (Å²) in [5.41, 5.74) is 9.93. The minimum Gasteiger partial charge on any atom is -0.484 e. The van der Waals surface area contributed by atoms with Gasteiger partial charge in [0.25, 0.3) is 0 Å². The minimum absolute atomic E-state index is 0.00224. The Morgan fingerprint density at radius 3 is 2.89 bits per heavy atom. The predicted molar refractivity (Wildman–Crippen MR) is 106 cm³/mol. The van der Waals surface area contributed by atoms with Crippen molar-refractivity contribution in [2.45, 2.75) is 50.3 Å². The average molecular weight is 361 g/mol. The lowest BCUT2D eigenvalue weighted by molar-refractivity contribution is 0.0367. The first-order valence-corrected chi connectivity index (χ1v) is 9.94. The topological polar surface area (TPSA) is 62.3 Å². The average Bonchev–Trinajstić information content (AvgIpc) is 2.69. The van der Waals surface area contributed by atoms with Crippen molar-refractivity contribution in [3.8, 4) is 11.8 Å². The number of nitrogens with zero attached hydrogens (tertiary/aromatic N) is 2. The summed E-state index contributed by atoms with van der Waals surface area (Å²) in [6, 6.07) is 19.4. The summed E-state index contributed by atoms with van der Waals surface area (Å²) >= 11 is 0. The lowest BCUT2D eigenvalue weighted by Gasteiger charge is -2.43. The highest BCUT2D eigenvalue weighted by molar-refractivity contribution is 5.36. The molecule has 2 N–H and O–H groups in total. The molecule has 2 aliphatic rings. The van der Waals surface area contributed by atoms with Gasteiger partial charge in [0.05, 0.1) is 18.5 Å². The predicted octanol–water partition coefficient (Wildman–Crippen LogP) is 3.61. The molecule has 1 heterocycles. The van der Waals surface area contributed by atoms with E-state index in [9.17, 15) is 0 Å². The lowest BCUT2D eigenvalue weighted by Crippen LogP contribution is -2.51. The second-order valence-corrected chi connectivity index (χ2v) is 7.72. The van der Waals surface area contributed by atoms with Gasteiger partial charge in [-0.2, -0.15) is 5.26 Å². The molecule has 0 amide bonds. The van der Waals surface area contributed by atoms with E-state index in [0.717, 1.165) is 50.1 Å². The number of nitrogens with two attached hydrogens (primary N) is 1. The number of likely N-dealkylation sites (tertiary alicyclic amines) is 1. The van der Waals surface area contributed by atoms with Crippen molar-refractivity contribution in [1.82, 2.24) is 4.90 Å². The summed E-state index contributed by atoms with van der Waals surface area (Å²) in [4.78, 5) is 2.54. The van der Waals surface area contributed by atoms with Gasteiger partial charge in [0, 0.05) is 12.6 Å². The fourth-order valence-corrected chi connectivity index (χ4v) is 4.53. The molecule has 2 aromatic carbocycles. The van der Waals surface area contributed by atoms with Gasteiger partial charge < -0.3 is 10.5 Å². The molecule has 0 aromatic heterocycles. The van der Waals surface area contributed by atoms with E-state index in [1.807, 2.05) is 24.3 Å². The molecular formula is C23H27N3O. The number of piperidine rings is 1. The molecule has 2 aromatic rings. The molecule has 3 atom stereocenters. The summed E-state index contributed by atoms with van der Waals surface area (Å²) in [6.45, 7) is 2.04. The van der Waals surface area contributed by atoms with Crippen LogP contribution in [0.5, 0.6) is 5.75 Å². The molecule has 0 radical (unpaired) electrons. The molecule has 1 fully saturated rings. The van der Waals surface area contributed by atoms with Crippen LogP contribution in [0.15, 0.2) is 48.5 Å². The van der Waals surface area contributed by atoms with Gasteiger partial charge in [-0.1, -0.05) is 36.4 Å². The van der Waals surface area contributed by atoms with E-state index in [-0.39, 0.29) is 12.1 Å². The fraction of sp³-hybridized carbons (Fsp3) is 0.435. The Bertz CT molecular complexity index is 828. The molecule has 0 bridgehead atoms. The Morgan fingerprint density at radius 2 is 2.04 bits per heavy atom. The van der Waals surface area contributed by atoms with Crippen LogP contribution in [0.2, 0.25) is 0 Å². The van der Waals surface area contributed by atoms with Crippen LogP contribution in [-0.2, 0) is 12.8 Å². The van der Waals surface area contributed by atoms with Crippen molar-refractivity contribution >= 4 is 0 Å². The van der Waals surface area contributed by atoms with Crippen LogP contribution >= 0.6 is 0 Å². The third-order valence-electron chi connectivity index (χ3n) is 5.82. The van der Waals surface area contributed by atoms with Gasteiger partial charge >= 0.3 is 0 Å². The molecule has 0 unspecified atom stereocenters. The number of hydrogen-bond donors (Lipinski definition) is 1. The van der Waals surface area contributed by atoms with Gasteiger partial charge in [-0.3, -0.25) is 4.90 Å². The van der Waals surface area contributed by atoms with Crippen molar-refractivity contribution < 1.29 is 4.74 Å². The summed E-state index contributed by atoms with van der Waals surface area (Å²) in [5.74, 6) is 0.843. The maximum Gasteiger partial charge on any atom is 0.139 e. The normalized spacial score (nSPS) is 25.4. The molecule has 1 saturated heterocycles. The molecule has 0 spiro atoms. The van der Waals surface area contributed by atoms with Crippen molar-refractivity contribution in [3.05, 3.63) is 65.2 Å². The van der Waals surface area contributed by atoms with Gasteiger partial charge in [0.1, 0.15) is 11.9 Å². The second kappa shape index (κ2) is 8.12. The molecular weight excluding hydrogens is 334 g/mol. The highest BCUT2D eigenvalue weighted by Gasteiger charge is 2.36. The van der Waals surface area contributed by atoms with Gasteiger partial charge in [-0.05, 0) is 61.1 Å². The van der Waals surface area contributed by atoms with Crippen LogP contribution in [0.25, 0.3) is 0 Å². The highest BCUT2D eigenvalue weighted by atomic mass is 16.5. The van der Waals surface area contributed by atoms with E-state index < -0.39 is 0 Å². The van der Waals surface area contributed by atoms with Gasteiger partial charge in [0.15, 0.2) is 0 Å². The van der Waals surface area contributed by atoms with E-state index in [4.69, 9.17) is 15.7 Å². The minimum atomic E-state index is -0.00224. The Morgan fingerprint density at radius 1 is 1.15 bits per heavy atom. The highest BCUT2D eigenvalue weighted by Crippen LogP contribution is 2.37. The molecule has 1 aliphatic carbocycles. The van der Waals surface area contributed by atoms with Crippen LogP contribution in [0.4, 0.5) is 0 Å². The summed E-state index contributed by atoms with van der Waals surface area (Å²) in [6.07, 6.45) is 4.85. The SMILES string of the molecule is N#CCc1cccc(O[C@H]2c3ccccc3CC[C@@H]2N2CCC[C@@H](N)C2)c1. The van der Waals surface area contributed by atoms with Gasteiger partial charge in [-0.15, -0.1) is 0 Å². The number of benzene rings is 2. The third-order valence-corrected chi connectivity index (χ3v) is 5.82. The maximum atomic E-state index is 8.99. The number of ether oxygens (including phenoxy) is 1. The van der Waals surface area contributed by atoms with Crippen LogP contribution < -0.4 is 10.5 Å². The first-order valence-electron chi connectivity index (χ1n) is 9.94. The van der Waals surface area contributed by atoms with Crippen molar-refractivity contribution in [2.75, 3.05) is 13.1 Å². The summed E-state index contributed by atoms with van der Waals surface area (Å²) < 4.78 is 6.58. The molecule has 0 saturated carbocycles. The number of nitriles is 1. The lowest BCUT2D eigenvalue weighted by atomic mass is 9.84. The zero-order chi connectivity index (χ0) is 18.6. The first kappa shape index (κ1) is 18.0. The van der Waals surface area contributed by atoms with Gasteiger partial charge in [0.2, 0.25) is 0 Å². The van der Waals surface area contributed by atoms with E-state index in [1.165, 1.54) is 11.1 Å². The monoisotopic (exact) mass is 361 g/mol. The number of rotatable bonds is 4. The molecule has 4 heteroatoms. The number of hydrogen-bond acceptors (Lipinski definition) is 4. The standard InChI is InChI=1S/C23H27N3O/c24-13-12-17-5-3-8-20(15-17)27-23-21-9-2-1-6-18(21)10-11-22(23)26-14-4-7-19(25)16-26/h1-3,5-6,8-9,15,19,22-23H,4,7,10-12,14,16,25H2/t19-,22+,23+/m1/s1. The zero-order valence-corrected chi connectivity index (χ0v) is 15.7. The Balaban J connectivity index is 1.64. The van der Waals surface area contributed by atoms with Gasteiger partial charge in [-0.25, -0.2) is 0 Å². The van der Waals surface area contributed by atoms with Crippen LogP contribution in [0.3, 0.4) is 0 Å². The largest absolute Gasteiger partial charge is 0.484 e. The van der Waals surface area contributed by atoms with Crippen molar-refractivity contribution in [2.24, 2.45) is 5.73 Å². The molecule has 1 aliphatic heterocycles.